The molecule has 35 heavy (non-hydrogen) atoms. The molecular weight excluding hydrogens is 454 g/mol. The molecule has 5 atom stereocenters. The van der Waals surface area contributed by atoms with Gasteiger partial charge in [-0.1, -0.05) is 34.1 Å². The third-order valence-corrected chi connectivity index (χ3v) is 6.24. The number of carboxylic acid groups (broad SMARTS) is 1. The number of carboxylic acids is 1. The van der Waals surface area contributed by atoms with Gasteiger partial charge >= 0.3 is 5.97 Å². The summed E-state index contributed by atoms with van der Waals surface area (Å²) in [5.41, 5.74) is 16.7. The molecule has 12 heteroatoms. The van der Waals surface area contributed by atoms with Crippen molar-refractivity contribution in [1.29, 1.82) is 0 Å². The Hall–Kier alpha value is -2.89. The van der Waals surface area contributed by atoms with Gasteiger partial charge in [-0.2, -0.15) is 0 Å². The van der Waals surface area contributed by atoms with Crippen molar-refractivity contribution in [2.75, 3.05) is 13.1 Å². The summed E-state index contributed by atoms with van der Waals surface area (Å²) in [5.74, 6) is -2.62. The van der Waals surface area contributed by atoms with Gasteiger partial charge in [0, 0.05) is 13.1 Å². The lowest BCUT2D eigenvalue weighted by Crippen LogP contribution is -2.58. The first-order valence-electron chi connectivity index (χ1n) is 12.3. The summed E-state index contributed by atoms with van der Waals surface area (Å²) in [6, 6.07) is -3.57. The topological polar surface area (TPSA) is 206 Å². The number of guanidine groups is 1. The second-order valence-electron chi connectivity index (χ2n) is 9.65. The number of aliphatic carboxylic acids is 1. The average molecular weight is 498 g/mol. The quantitative estimate of drug-likeness (QED) is 0.104. The number of aliphatic imine (C=N–C) groups is 1. The van der Waals surface area contributed by atoms with E-state index in [2.05, 4.69) is 15.6 Å². The van der Waals surface area contributed by atoms with Crippen molar-refractivity contribution < 1.29 is 24.3 Å². The fourth-order valence-corrected chi connectivity index (χ4v) is 4.07. The SMILES string of the molecule is CCC(C)C(NC(=O)C(CCCN=C(N)N)NC(=O)C(N)CC(C)C)C(=O)N1CCCC1C(=O)O. The summed E-state index contributed by atoms with van der Waals surface area (Å²) in [6.45, 7) is 8.17. The fourth-order valence-electron chi connectivity index (χ4n) is 4.07. The Labute approximate surface area is 207 Å². The van der Waals surface area contributed by atoms with Gasteiger partial charge < -0.3 is 37.8 Å². The normalized spacial score (nSPS) is 18.9. The second kappa shape index (κ2) is 14.5. The molecule has 0 bridgehead atoms. The highest BCUT2D eigenvalue weighted by molar-refractivity contribution is 5.94. The van der Waals surface area contributed by atoms with E-state index in [1.807, 2.05) is 27.7 Å². The third kappa shape index (κ3) is 9.71. The number of likely N-dealkylation sites (tertiary alicyclic amines) is 1. The maximum absolute atomic E-state index is 13.3. The molecule has 9 N–H and O–H groups in total. The number of hydrogen-bond donors (Lipinski definition) is 6. The number of nitrogens with two attached hydrogens (primary N) is 3. The molecule has 0 radical (unpaired) electrons. The molecule has 0 aromatic carbocycles. The van der Waals surface area contributed by atoms with Crippen molar-refractivity contribution in [3.8, 4) is 0 Å². The fraction of sp³-hybridized carbons (Fsp3) is 0.783. The van der Waals surface area contributed by atoms with Gasteiger partial charge in [-0.15, -0.1) is 0 Å². The molecular formula is C23H43N7O5. The number of hydrogen-bond acceptors (Lipinski definition) is 6. The zero-order valence-corrected chi connectivity index (χ0v) is 21.3. The van der Waals surface area contributed by atoms with Crippen LogP contribution < -0.4 is 27.8 Å². The van der Waals surface area contributed by atoms with Crippen LogP contribution >= 0.6 is 0 Å². The van der Waals surface area contributed by atoms with Crippen molar-refractivity contribution in [3.05, 3.63) is 0 Å². The largest absolute Gasteiger partial charge is 0.480 e. The number of amides is 3. The van der Waals surface area contributed by atoms with Crippen LogP contribution in [-0.2, 0) is 19.2 Å². The standard InChI is InChI=1S/C23H43N7O5/c1-5-14(4)18(21(33)30-11-7-9-17(30)22(34)35)29-20(32)16(8-6-10-27-23(25)26)28-19(31)15(24)12-13(2)3/h13-18H,5-12,24H2,1-4H3,(H,28,31)(H,29,32)(H,34,35)(H4,25,26,27). The first kappa shape index (κ1) is 30.1. The zero-order valence-electron chi connectivity index (χ0n) is 21.3. The minimum Gasteiger partial charge on any atom is -0.480 e. The molecule has 0 aliphatic carbocycles. The van der Waals surface area contributed by atoms with E-state index in [0.29, 0.717) is 38.6 Å². The lowest BCUT2D eigenvalue weighted by Gasteiger charge is -2.31. The molecule has 1 heterocycles. The number of nitrogens with one attached hydrogen (secondary N) is 2. The second-order valence-corrected chi connectivity index (χ2v) is 9.65. The molecule has 1 saturated heterocycles. The van der Waals surface area contributed by atoms with Gasteiger partial charge in [-0.3, -0.25) is 19.4 Å². The molecule has 3 amide bonds. The Morgan fingerprint density at radius 2 is 1.77 bits per heavy atom. The van der Waals surface area contributed by atoms with Crippen molar-refractivity contribution in [1.82, 2.24) is 15.5 Å². The first-order chi connectivity index (χ1) is 16.4. The summed E-state index contributed by atoms with van der Waals surface area (Å²) in [6.07, 6.45) is 2.63. The van der Waals surface area contributed by atoms with Gasteiger partial charge in [0.1, 0.15) is 18.1 Å². The summed E-state index contributed by atoms with van der Waals surface area (Å²) in [5, 5.41) is 15.0. The lowest BCUT2D eigenvalue weighted by atomic mass is 9.96. The van der Waals surface area contributed by atoms with Gasteiger partial charge in [0.2, 0.25) is 17.7 Å². The van der Waals surface area contributed by atoms with Crippen LogP contribution in [0.25, 0.3) is 0 Å². The minimum absolute atomic E-state index is 0.0741. The van der Waals surface area contributed by atoms with Crippen molar-refractivity contribution >= 4 is 29.7 Å². The molecule has 12 nitrogen and oxygen atoms in total. The van der Waals surface area contributed by atoms with Gasteiger partial charge in [-0.25, -0.2) is 4.79 Å². The smallest absolute Gasteiger partial charge is 0.326 e. The van der Waals surface area contributed by atoms with Crippen LogP contribution in [0.3, 0.4) is 0 Å². The van der Waals surface area contributed by atoms with Gasteiger partial charge in [0.15, 0.2) is 5.96 Å². The van der Waals surface area contributed by atoms with Crippen LogP contribution in [0.4, 0.5) is 0 Å². The molecule has 1 aliphatic heterocycles. The van der Waals surface area contributed by atoms with Gasteiger partial charge in [-0.05, 0) is 43.9 Å². The van der Waals surface area contributed by atoms with E-state index >= 15 is 0 Å². The molecule has 5 unspecified atom stereocenters. The molecule has 1 fully saturated rings. The Bertz CT molecular complexity index is 769. The van der Waals surface area contributed by atoms with Crippen LogP contribution in [0.2, 0.25) is 0 Å². The zero-order chi connectivity index (χ0) is 26.7. The number of carbonyl (C=O) groups excluding carboxylic acids is 3. The maximum atomic E-state index is 13.3. The van der Waals surface area contributed by atoms with Crippen LogP contribution in [0.1, 0.15) is 66.2 Å². The molecule has 0 aromatic heterocycles. The van der Waals surface area contributed by atoms with E-state index in [1.54, 1.807) is 0 Å². The Morgan fingerprint density at radius 1 is 1.11 bits per heavy atom. The lowest BCUT2D eigenvalue weighted by molar-refractivity contribution is -0.150. The third-order valence-electron chi connectivity index (χ3n) is 6.24. The number of carbonyl (C=O) groups is 4. The van der Waals surface area contributed by atoms with Gasteiger partial charge in [0.05, 0.1) is 6.04 Å². The highest BCUT2D eigenvalue weighted by atomic mass is 16.4. The van der Waals surface area contributed by atoms with Crippen molar-refractivity contribution in [2.45, 2.75) is 90.4 Å². The Balaban J connectivity index is 3.04. The summed E-state index contributed by atoms with van der Waals surface area (Å²) in [7, 11) is 0. The van der Waals surface area contributed by atoms with E-state index in [4.69, 9.17) is 17.2 Å². The summed E-state index contributed by atoms with van der Waals surface area (Å²) >= 11 is 0. The Morgan fingerprint density at radius 3 is 2.31 bits per heavy atom. The van der Waals surface area contributed by atoms with Crippen LogP contribution in [0, 0.1) is 11.8 Å². The monoisotopic (exact) mass is 497 g/mol. The van der Waals surface area contributed by atoms with Crippen molar-refractivity contribution in [2.24, 2.45) is 34.0 Å². The molecule has 1 aliphatic rings. The highest BCUT2D eigenvalue weighted by Gasteiger charge is 2.39. The minimum atomic E-state index is -1.06. The van der Waals surface area contributed by atoms with E-state index in [9.17, 15) is 24.3 Å². The van der Waals surface area contributed by atoms with Crippen LogP contribution in [-0.4, -0.2) is 76.9 Å². The van der Waals surface area contributed by atoms with Gasteiger partial charge in [0.25, 0.3) is 0 Å². The predicted molar refractivity (Wildman–Crippen MR) is 133 cm³/mol. The summed E-state index contributed by atoms with van der Waals surface area (Å²) in [4.78, 5) is 56.0. The summed E-state index contributed by atoms with van der Waals surface area (Å²) < 4.78 is 0. The Kier molecular flexibility index (Phi) is 12.5. The van der Waals surface area contributed by atoms with E-state index in [1.165, 1.54) is 4.90 Å². The number of rotatable bonds is 14. The number of nitrogens with zero attached hydrogens (tertiary/aromatic N) is 2. The first-order valence-corrected chi connectivity index (χ1v) is 12.3. The molecule has 0 saturated carbocycles. The average Bonchev–Trinajstić information content (AvgIpc) is 3.28. The van der Waals surface area contributed by atoms with E-state index < -0.39 is 47.9 Å². The molecule has 200 valence electrons. The van der Waals surface area contributed by atoms with Crippen LogP contribution in [0.15, 0.2) is 4.99 Å². The van der Waals surface area contributed by atoms with Crippen molar-refractivity contribution in [3.63, 3.8) is 0 Å². The predicted octanol–water partition coefficient (Wildman–Crippen LogP) is -0.495. The molecule has 1 rings (SSSR count). The molecule has 0 aromatic rings. The molecule has 0 spiro atoms. The van der Waals surface area contributed by atoms with Crippen LogP contribution in [0.5, 0.6) is 0 Å². The highest BCUT2D eigenvalue weighted by Crippen LogP contribution is 2.21. The maximum Gasteiger partial charge on any atom is 0.326 e. The van der Waals surface area contributed by atoms with E-state index in [-0.39, 0.29) is 30.8 Å². The van der Waals surface area contributed by atoms with E-state index in [0.717, 1.165) is 0 Å².